The molecular formula is C19H31N4O3+. The summed E-state index contributed by atoms with van der Waals surface area (Å²) in [4.78, 5) is 26.3. The highest BCUT2D eigenvalue weighted by molar-refractivity contribution is 5.76. The van der Waals surface area contributed by atoms with Crippen LogP contribution in [0.5, 0.6) is 5.75 Å². The van der Waals surface area contributed by atoms with E-state index < -0.39 is 6.03 Å². The lowest BCUT2D eigenvalue weighted by Crippen LogP contribution is -3.13. The Hall–Kier alpha value is -2.28. The van der Waals surface area contributed by atoms with E-state index >= 15 is 0 Å². The van der Waals surface area contributed by atoms with Crippen LogP contribution in [0.25, 0.3) is 0 Å². The van der Waals surface area contributed by atoms with Gasteiger partial charge in [-0.1, -0.05) is 6.42 Å². The Bertz CT molecular complexity index is 569. The SMILES string of the molecule is COc1ccc(C[NH+]2CCN(C(=O)CCCCCNC(N)=O)CC2)cc1. The van der Waals surface area contributed by atoms with Crippen LogP contribution in [-0.2, 0) is 11.3 Å². The van der Waals surface area contributed by atoms with E-state index in [9.17, 15) is 9.59 Å². The van der Waals surface area contributed by atoms with Gasteiger partial charge in [-0.05, 0) is 37.1 Å². The third-order valence-electron chi connectivity index (χ3n) is 4.80. The van der Waals surface area contributed by atoms with Crippen molar-refractivity contribution >= 4 is 11.9 Å². The molecule has 0 aromatic heterocycles. The molecule has 1 aliphatic heterocycles. The molecule has 3 amide bonds. The molecule has 0 spiro atoms. The van der Waals surface area contributed by atoms with Crippen molar-refractivity contribution in [1.29, 1.82) is 0 Å². The van der Waals surface area contributed by atoms with Crippen molar-refractivity contribution in [3.63, 3.8) is 0 Å². The number of hydrogen-bond donors (Lipinski definition) is 3. The van der Waals surface area contributed by atoms with Gasteiger partial charge in [0.2, 0.25) is 5.91 Å². The number of piperazine rings is 1. The third-order valence-corrected chi connectivity index (χ3v) is 4.80. The summed E-state index contributed by atoms with van der Waals surface area (Å²) in [6.45, 7) is 5.19. The molecule has 1 saturated heterocycles. The maximum Gasteiger partial charge on any atom is 0.312 e. The number of nitrogens with two attached hydrogens (primary N) is 1. The van der Waals surface area contributed by atoms with E-state index in [2.05, 4.69) is 17.4 Å². The number of quaternary nitrogens is 1. The zero-order valence-corrected chi connectivity index (χ0v) is 15.6. The first kappa shape index (κ1) is 20.0. The molecular weight excluding hydrogens is 332 g/mol. The van der Waals surface area contributed by atoms with Crippen molar-refractivity contribution in [3.05, 3.63) is 29.8 Å². The molecule has 7 nitrogen and oxygen atoms in total. The Labute approximate surface area is 155 Å². The quantitative estimate of drug-likeness (QED) is 0.546. The van der Waals surface area contributed by atoms with Gasteiger partial charge >= 0.3 is 6.03 Å². The van der Waals surface area contributed by atoms with Crippen LogP contribution in [0.3, 0.4) is 0 Å². The molecule has 7 heteroatoms. The number of hydrogen-bond acceptors (Lipinski definition) is 3. The number of nitrogens with zero attached hydrogens (tertiary/aromatic N) is 1. The normalized spacial score (nSPS) is 14.9. The Morgan fingerprint density at radius 2 is 1.85 bits per heavy atom. The van der Waals surface area contributed by atoms with Gasteiger partial charge in [-0.2, -0.15) is 0 Å². The van der Waals surface area contributed by atoms with Gasteiger partial charge in [0.1, 0.15) is 12.3 Å². The first-order valence-electron chi connectivity index (χ1n) is 9.36. The Kier molecular flexibility index (Phi) is 8.21. The minimum Gasteiger partial charge on any atom is -0.497 e. The molecule has 1 aromatic carbocycles. The summed E-state index contributed by atoms with van der Waals surface area (Å²) < 4.78 is 5.19. The molecule has 0 saturated carbocycles. The maximum atomic E-state index is 12.3. The van der Waals surface area contributed by atoms with Crippen LogP contribution >= 0.6 is 0 Å². The summed E-state index contributed by atoms with van der Waals surface area (Å²) in [5.74, 6) is 1.13. The number of urea groups is 1. The minimum atomic E-state index is -0.490. The predicted octanol–water partition coefficient (Wildman–Crippen LogP) is 0.151. The summed E-state index contributed by atoms with van der Waals surface area (Å²) in [6, 6.07) is 7.71. The number of amides is 3. The van der Waals surface area contributed by atoms with Crippen LogP contribution in [0.15, 0.2) is 24.3 Å². The highest BCUT2D eigenvalue weighted by Gasteiger charge is 2.23. The molecule has 2 rings (SSSR count). The first-order valence-corrected chi connectivity index (χ1v) is 9.36. The van der Waals surface area contributed by atoms with Crippen molar-refractivity contribution in [3.8, 4) is 5.75 Å². The van der Waals surface area contributed by atoms with Gasteiger partial charge in [-0.25, -0.2) is 4.79 Å². The second kappa shape index (κ2) is 10.7. The summed E-state index contributed by atoms with van der Waals surface area (Å²) in [5.41, 5.74) is 6.30. The number of carbonyl (C=O) groups is 2. The summed E-state index contributed by atoms with van der Waals surface area (Å²) in [5, 5.41) is 2.56. The lowest BCUT2D eigenvalue weighted by atomic mass is 10.1. The molecule has 1 aliphatic rings. The molecule has 0 bridgehead atoms. The lowest BCUT2D eigenvalue weighted by molar-refractivity contribution is -0.917. The smallest absolute Gasteiger partial charge is 0.312 e. The number of carbonyl (C=O) groups excluding carboxylic acids is 2. The first-order chi connectivity index (χ1) is 12.6. The second-order valence-corrected chi connectivity index (χ2v) is 6.76. The Morgan fingerprint density at radius 1 is 1.15 bits per heavy atom. The van der Waals surface area contributed by atoms with Gasteiger partial charge in [-0.15, -0.1) is 0 Å². The number of ether oxygens (including phenoxy) is 1. The highest BCUT2D eigenvalue weighted by atomic mass is 16.5. The Balaban J connectivity index is 1.61. The summed E-state index contributed by atoms with van der Waals surface area (Å²) in [7, 11) is 1.68. The number of nitrogens with one attached hydrogen (secondary N) is 2. The number of methoxy groups -OCH3 is 1. The van der Waals surface area contributed by atoms with Crippen LogP contribution in [0.1, 0.15) is 31.2 Å². The van der Waals surface area contributed by atoms with Crippen LogP contribution < -0.4 is 20.7 Å². The molecule has 0 atom stereocenters. The molecule has 1 fully saturated rings. The summed E-state index contributed by atoms with van der Waals surface area (Å²) in [6.07, 6.45) is 3.23. The lowest BCUT2D eigenvalue weighted by Gasteiger charge is -2.32. The maximum absolute atomic E-state index is 12.3. The average Bonchev–Trinajstić information content (AvgIpc) is 2.65. The number of unbranched alkanes of at least 4 members (excludes halogenated alkanes) is 2. The van der Waals surface area contributed by atoms with E-state index in [0.29, 0.717) is 13.0 Å². The predicted molar refractivity (Wildman–Crippen MR) is 100 cm³/mol. The largest absolute Gasteiger partial charge is 0.497 e. The van der Waals surface area contributed by atoms with Crippen molar-refractivity contribution in [2.45, 2.75) is 32.2 Å². The van der Waals surface area contributed by atoms with E-state index in [1.165, 1.54) is 10.5 Å². The van der Waals surface area contributed by atoms with Crippen molar-refractivity contribution in [2.75, 3.05) is 39.8 Å². The molecule has 26 heavy (non-hydrogen) atoms. The van der Waals surface area contributed by atoms with Gasteiger partial charge < -0.3 is 25.6 Å². The number of primary amides is 1. The van der Waals surface area contributed by atoms with Gasteiger partial charge in [0.15, 0.2) is 0 Å². The van der Waals surface area contributed by atoms with E-state index in [-0.39, 0.29) is 5.91 Å². The molecule has 0 radical (unpaired) electrons. The van der Waals surface area contributed by atoms with Crippen molar-refractivity contribution < 1.29 is 19.2 Å². The van der Waals surface area contributed by atoms with E-state index in [4.69, 9.17) is 10.5 Å². The van der Waals surface area contributed by atoms with Gasteiger partial charge in [0, 0.05) is 18.5 Å². The van der Waals surface area contributed by atoms with Crippen molar-refractivity contribution in [1.82, 2.24) is 10.2 Å². The molecule has 1 aromatic rings. The molecule has 144 valence electrons. The molecule has 0 aliphatic carbocycles. The van der Waals surface area contributed by atoms with E-state index in [0.717, 1.165) is 57.7 Å². The van der Waals surface area contributed by atoms with Crippen LogP contribution in [0.2, 0.25) is 0 Å². The van der Waals surface area contributed by atoms with Gasteiger partial charge in [-0.3, -0.25) is 4.79 Å². The van der Waals surface area contributed by atoms with Crippen LogP contribution in [0, 0.1) is 0 Å². The molecule has 0 unspecified atom stereocenters. The van der Waals surface area contributed by atoms with E-state index in [1.807, 2.05) is 17.0 Å². The standard InChI is InChI=1S/C19H30N4O3/c1-26-17-8-6-16(7-9-17)15-22-11-13-23(14-12-22)18(24)5-3-2-4-10-21-19(20)25/h6-9H,2-5,10-15H2,1H3,(H3,20,21,25)/p+1. The van der Waals surface area contributed by atoms with Crippen LogP contribution in [0.4, 0.5) is 4.79 Å². The molecule has 4 N–H and O–H groups in total. The number of benzene rings is 1. The fourth-order valence-corrected chi connectivity index (χ4v) is 3.23. The average molecular weight is 363 g/mol. The van der Waals surface area contributed by atoms with Crippen LogP contribution in [-0.4, -0.2) is 56.7 Å². The summed E-state index contributed by atoms with van der Waals surface area (Å²) >= 11 is 0. The third kappa shape index (κ3) is 6.92. The molecule has 1 heterocycles. The monoisotopic (exact) mass is 363 g/mol. The van der Waals surface area contributed by atoms with Gasteiger partial charge in [0.05, 0.1) is 33.3 Å². The zero-order chi connectivity index (χ0) is 18.8. The fourth-order valence-electron chi connectivity index (χ4n) is 3.23. The number of rotatable bonds is 9. The zero-order valence-electron chi connectivity index (χ0n) is 15.6. The highest BCUT2D eigenvalue weighted by Crippen LogP contribution is 2.10. The minimum absolute atomic E-state index is 0.247. The Morgan fingerprint density at radius 3 is 2.46 bits per heavy atom. The second-order valence-electron chi connectivity index (χ2n) is 6.76. The topological polar surface area (TPSA) is 89.1 Å². The van der Waals surface area contributed by atoms with Crippen molar-refractivity contribution in [2.24, 2.45) is 5.73 Å². The van der Waals surface area contributed by atoms with Gasteiger partial charge in [0.25, 0.3) is 0 Å². The fraction of sp³-hybridized carbons (Fsp3) is 0.579. The van der Waals surface area contributed by atoms with E-state index in [1.54, 1.807) is 7.11 Å².